The molecule has 1 aromatic carbocycles. The van der Waals surface area contributed by atoms with E-state index in [1.807, 2.05) is 18.2 Å². The van der Waals surface area contributed by atoms with Crippen molar-refractivity contribution in [2.75, 3.05) is 6.79 Å². The van der Waals surface area contributed by atoms with Crippen LogP contribution in [0, 0.1) is 0 Å². The summed E-state index contributed by atoms with van der Waals surface area (Å²) in [5.41, 5.74) is 0. The quantitative estimate of drug-likeness (QED) is 0.874. The van der Waals surface area contributed by atoms with Gasteiger partial charge < -0.3 is 14.6 Å². The van der Waals surface area contributed by atoms with Crippen molar-refractivity contribution >= 4 is 17.7 Å². The van der Waals surface area contributed by atoms with Crippen LogP contribution in [-0.4, -0.2) is 22.6 Å². The molecule has 1 heterocycles. The fourth-order valence-corrected chi connectivity index (χ4v) is 2.79. The first kappa shape index (κ1) is 9.84. The van der Waals surface area contributed by atoms with E-state index in [2.05, 4.69) is 0 Å². The van der Waals surface area contributed by atoms with Crippen LogP contribution in [0.1, 0.15) is 12.8 Å². The van der Waals surface area contributed by atoms with Crippen LogP contribution < -0.4 is 9.47 Å². The van der Waals surface area contributed by atoms with Crippen molar-refractivity contribution in [1.29, 1.82) is 0 Å². The van der Waals surface area contributed by atoms with E-state index in [0.29, 0.717) is 5.75 Å². The summed E-state index contributed by atoms with van der Waals surface area (Å²) in [7, 11) is 0. The lowest BCUT2D eigenvalue weighted by Gasteiger charge is -2.09. The summed E-state index contributed by atoms with van der Waals surface area (Å²) in [4.78, 5) is 12.0. The number of fused-ring (bicyclic) bond motifs is 1. The molecule has 84 valence electrons. The number of carboxylic acids is 1. The minimum absolute atomic E-state index is 0.244. The van der Waals surface area contributed by atoms with Gasteiger partial charge in [-0.2, -0.15) is 0 Å². The Morgan fingerprint density at radius 1 is 1.31 bits per heavy atom. The minimum Gasteiger partial charge on any atom is -0.480 e. The third-order valence-corrected chi connectivity index (χ3v) is 4.21. The highest BCUT2D eigenvalue weighted by Gasteiger charge is 2.51. The third-order valence-electron chi connectivity index (χ3n) is 2.75. The summed E-state index contributed by atoms with van der Waals surface area (Å²) in [5.74, 6) is 0.700. The lowest BCUT2D eigenvalue weighted by molar-refractivity contribution is -0.137. The van der Waals surface area contributed by atoms with Crippen LogP contribution in [0.5, 0.6) is 11.5 Å². The molecule has 2 aliphatic rings. The maximum atomic E-state index is 11.0. The van der Waals surface area contributed by atoms with E-state index in [4.69, 9.17) is 14.6 Å². The molecule has 0 aromatic heterocycles. The molecule has 0 saturated heterocycles. The van der Waals surface area contributed by atoms with E-state index in [-0.39, 0.29) is 6.79 Å². The van der Waals surface area contributed by atoms with Gasteiger partial charge in [-0.05, 0) is 31.0 Å². The van der Waals surface area contributed by atoms with Gasteiger partial charge in [-0.3, -0.25) is 4.79 Å². The van der Waals surface area contributed by atoms with E-state index >= 15 is 0 Å². The van der Waals surface area contributed by atoms with Crippen molar-refractivity contribution in [3.8, 4) is 11.5 Å². The van der Waals surface area contributed by atoms with Crippen molar-refractivity contribution in [2.24, 2.45) is 0 Å². The highest BCUT2D eigenvalue weighted by atomic mass is 32.2. The summed E-state index contributed by atoms with van der Waals surface area (Å²) in [6.07, 6.45) is 1.48. The summed E-state index contributed by atoms with van der Waals surface area (Å²) in [5, 5.41) is 9.08. The molecule has 1 saturated carbocycles. The molecular weight excluding hydrogens is 228 g/mol. The number of carbonyl (C=O) groups is 1. The first-order valence-corrected chi connectivity index (χ1v) is 5.83. The number of hydrogen-bond donors (Lipinski definition) is 1. The van der Waals surface area contributed by atoms with Gasteiger partial charge in [0.05, 0.1) is 0 Å². The van der Waals surface area contributed by atoms with Crippen LogP contribution in [0.3, 0.4) is 0 Å². The molecule has 1 fully saturated rings. The van der Waals surface area contributed by atoms with E-state index in [0.717, 1.165) is 23.5 Å². The zero-order valence-electron chi connectivity index (χ0n) is 8.43. The number of thioether (sulfide) groups is 1. The van der Waals surface area contributed by atoms with Crippen LogP contribution in [-0.2, 0) is 4.79 Å². The number of rotatable bonds is 3. The van der Waals surface area contributed by atoms with Gasteiger partial charge >= 0.3 is 5.97 Å². The Morgan fingerprint density at radius 2 is 2.06 bits per heavy atom. The third kappa shape index (κ3) is 1.51. The van der Waals surface area contributed by atoms with E-state index in [9.17, 15) is 4.79 Å². The topological polar surface area (TPSA) is 55.8 Å². The number of hydrogen-bond acceptors (Lipinski definition) is 4. The second-order valence-corrected chi connectivity index (χ2v) is 5.37. The Morgan fingerprint density at radius 3 is 2.75 bits per heavy atom. The van der Waals surface area contributed by atoms with E-state index < -0.39 is 10.7 Å². The molecule has 0 atom stereocenters. The van der Waals surface area contributed by atoms with Crippen molar-refractivity contribution in [1.82, 2.24) is 0 Å². The molecule has 1 aromatic rings. The van der Waals surface area contributed by atoms with Gasteiger partial charge in [0.1, 0.15) is 4.75 Å². The highest BCUT2D eigenvalue weighted by Crippen LogP contribution is 2.52. The number of benzene rings is 1. The Bertz CT molecular complexity index is 453. The Hall–Kier alpha value is -1.36. The van der Waals surface area contributed by atoms with Crippen molar-refractivity contribution in [3.05, 3.63) is 18.2 Å². The Balaban J connectivity index is 1.83. The zero-order valence-corrected chi connectivity index (χ0v) is 9.25. The monoisotopic (exact) mass is 238 g/mol. The molecule has 1 aliphatic heterocycles. The predicted molar refractivity (Wildman–Crippen MR) is 58.0 cm³/mol. The van der Waals surface area contributed by atoms with Crippen LogP contribution in [0.15, 0.2) is 23.1 Å². The van der Waals surface area contributed by atoms with Crippen molar-refractivity contribution in [2.45, 2.75) is 22.5 Å². The Kier molecular flexibility index (Phi) is 2.04. The van der Waals surface area contributed by atoms with E-state index in [1.165, 1.54) is 11.8 Å². The van der Waals surface area contributed by atoms with Crippen LogP contribution in [0.2, 0.25) is 0 Å². The first-order chi connectivity index (χ1) is 7.70. The van der Waals surface area contributed by atoms with Gasteiger partial charge in [0.15, 0.2) is 11.5 Å². The minimum atomic E-state index is -0.727. The fraction of sp³-hybridized carbons (Fsp3) is 0.364. The normalized spacial score (nSPS) is 19.5. The van der Waals surface area contributed by atoms with Gasteiger partial charge in [0.25, 0.3) is 0 Å². The molecule has 0 bridgehead atoms. The second kappa shape index (κ2) is 3.31. The average molecular weight is 238 g/mol. The molecule has 4 nitrogen and oxygen atoms in total. The first-order valence-electron chi connectivity index (χ1n) is 5.02. The molecule has 0 spiro atoms. The van der Waals surface area contributed by atoms with Gasteiger partial charge in [-0.25, -0.2) is 0 Å². The van der Waals surface area contributed by atoms with Crippen LogP contribution >= 0.6 is 11.8 Å². The summed E-state index contributed by atoms with van der Waals surface area (Å²) in [6.45, 7) is 0.244. The molecule has 0 unspecified atom stereocenters. The predicted octanol–water partition coefficient (Wildman–Crippen LogP) is 2.12. The Labute approximate surface area is 96.6 Å². The summed E-state index contributed by atoms with van der Waals surface area (Å²) >= 11 is 1.40. The van der Waals surface area contributed by atoms with Gasteiger partial charge in [-0.1, -0.05) is 0 Å². The lowest BCUT2D eigenvalue weighted by atomic mass is 10.3. The maximum absolute atomic E-state index is 11.0. The van der Waals surface area contributed by atoms with Gasteiger partial charge in [0.2, 0.25) is 6.79 Å². The smallest absolute Gasteiger partial charge is 0.320 e. The largest absolute Gasteiger partial charge is 0.480 e. The molecule has 0 amide bonds. The van der Waals surface area contributed by atoms with Gasteiger partial charge in [-0.15, -0.1) is 11.8 Å². The highest BCUT2D eigenvalue weighted by molar-refractivity contribution is 8.01. The fourth-order valence-electron chi connectivity index (χ4n) is 1.64. The number of carboxylic acid groups (broad SMARTS) is 1. The lowest BCUT2D eigenvalue weighted by Crippen LogP contribution is -2.16. The maximum Gasteiger partial charge on any atom is 0.320 e. The molecule has 3 rings (SSSR count). The molecule has 1 aliphatic carbocycles. The molecule has 5 heteroatoms. The second-order valence-electron chi connectivity index (χ2n) is 3.92. The van der Waals surface area contributed by atoms with Crippen molar-refractivity contribution < 1.29 is 19.4 Å². The number of aliphatic carboxylic acids is 1. The summed E-state index contributed by atoms with van der Waals surface area (Å²) in [6, 6.07) is 5.54. The molecule has 0 radical (unpaired) electrons. The van der Waals surface area contributed by atoms with Crippen LogP contribution in [0.25, 0.3) is 0 Å². The van der Waals surface area contributed by atoms with Crippen LogP contribution in [0.4, 0.5) is 0 Å². The zero-order chi connectivity index (χ0) is 11.2. The number of ether oxygens (including phenoxy) is 2. The molecular formula is C11H10O4S. The molecule has 16 heavy (non-hydrogen) atoms. The van der Waals surface area contributed by atoms with Gasteiger partial charge in [0, 0.05) is 4.90 Å². The standard InChI is InChI=1S/C11H10O4S/c12-10(13)11(3-4-11)16-7-1-2-8-9(5-7)15-6-14-8/h1-2,5H,3-4,6H2,(H,12,13). The summed E-state index contributed by atoms with van der Waals surface area (Å²) < 4.78 is 9.85. The average Bonchev–Trinajstić information content (AvgIpc) is 2.90. The van der Waals surface area contributed by atoms with Crippen molar-refractivity contribution in [3.63, 3.8) is 0 Å². The van der Waals surface area contributed by atoms with E-state index in [1.54, 1.807) is 0 Å². The SMILES string of the molecule is O=C(O)C1(Sc2ccc3c(c2)OCO3)CC1. The molecule has 1 N–H and O–H groups in total.